The van der Waals surface area contributed by atoms with E-state index in [9.17, 15) is 30.0 Å². The number of Topliss-reactive ketones (excluding diaryl/α,β-unsaturated/α-hetero) is 1. The zero-order chi connectivity index (χ0) is 15.0. The van der Waals surface area contributed by atoms with Crippen LogP contribution in [0.25, 0.3) is 0 Å². The monoisotopic (exact) mass is 276 g/mol. The van der Waals surface area contributed by atoms with Gasteiger partial charge in [-0.3, -0.25) is 4.79 Å². The van der Waals surface area contributed by atoms with E-state index in [2.05, 4.69) is 0 Å². The first kappa shape index (κ1) is 16.0. The number of carbonyl (C=O) groups is 2. The molecule has 1 fully saturated rings. The van der Waals surface area contributed by atoms with Crippen molar-refractivity contribution in [1.29, 1.82) is 0 Å². The van der Waals surface area contributed by atoms with Crippen LogP contribution in [0.1, 0.15) is 26.7 Å². The van der Waals surface area contributed by atoms with E-state index >= 15 is 0 Å². The summed E-state index contributed by atoms with van der Waals surface area (Å²) in [6.07, 6.45) is -5.79. The van der Waals surface area contributed by atoms with Gasteiger partial charge in [0, 0.05) is 12.8 Å². The number of hydrogen-bond acceptors (Lipinski definition) is 6. The molecular formula is C12H20O7. The molecule has 0 heterocycles. The van der Waals surface area contributed by atoms with Gasteiger partial charge >= 0.3 is 5.97 Å². The van der Waals surface area contributed by atoms with Crippen molar-refractivity contribution in [3.8, 4) is 0 Å². The van der Waals surface area contributed by atoms with Crippen LogP contribution in [-0.2, 0) is 9.59 Å². The normalized spacial score (nSPS) is 39.3. The molecule has 0 aromatic rings. The highest BCUT2D eigenvalue weighted by molar-refractivity contribution is 5.91. The highest BCUT2D eigenvalue weighted by Crippen LogP contribution is 2.36. The molecule has 0 spiro atoms. The van der Waals surface area contributed by atoms with Crippen LogP contribution in [0.5, 0.6) is 0 Å². The highest BCUT2D eigenvalue weighted by atomic mass is 16.4. The topological polar surface area (TPSA) is 135 Å². The average Bonchev–Trinajstić information content (AvgIpc) is 2.24. The molecule has 5 atom stereocenters. The van der Waals surface area contributed by atoms with E-state index in [1.54, 1.807) is 13.8 Å². The second kappa shape index (κ2) is 5.54. The molecule has 0 aromatic heterocycles. The van der Waals surface area contributed by atoms with Gasteiger partial charge in [-0.1, -0.05) is 13.8 Å². The number of aliphatic hydroxyl groups excluding tert-OH is 3. The number of carbonyl (C=O) groups excluding carboxylic acids is 1. The van der Waals surface area contributed by atoms with E-state index in [4.69, 9.17) is 5.11 Å². The zero-order valence-electron chi connectivity index (χ0n) is 10.9. The van der Waals surface area contributed by atoms with Gasteiger partial charge in [-0.2, -0.15) is 0 Å². The quantitative estimate of drug-likeness (QED) is 0.422. The maximum atomic E-state index is 12.0. The van der Waals surface area contributed by atoms with E-state index in [1.807, 2.05) is 0 Å². The molecule has 1 aliphatic carbocycles. The fourth-order valence-electron chi connectivity index (χ4n) is 2.48. The van der Waals surface area contributed by atoms with Gasteiger partial charge in [0.25, 0.3) is 0 Å². The summed E-state index contributed by atoms with van der Waals surface area (Å²) < 4.78 is 0. The van der Waals surface area contributed by atoms with Crippen molar-refractivity contribution in [2.75, 3.05) is 0 Å². The molecule has 0 bridgehead atoms. The van der Waals surface area contributed by atoms with E-state index < -0.39 is 48.0 Å². The maximum Gasteiger partial charge on any atom is 0.336 e. The summed E-state index contributed by atoms with van der Waals surface area (Å²) in [5, 5.41) is 48.0. The molecule has 1 rings (SSSR count). The van der Waals surface area contributed by atoms with Crippen LogP contribution in [0.4, 0.5) is 0 Å². The lowest BCUT2D eigenvalue weighted by atomic mass is 9.68. The van der Waals surface area contributed by atoms with Crippen molar-refractivity contribution < 1.29 is 35.1 Å². The first-order chi connectivity index (χ1) is 8.61. The van der Waals surface area contributed by atoms with E-state index in [0.717, 1.165) is 0 Å². The predicted octanol–water partition coefficient (Wildman–Crippen LogP) is -1.48. The molecule has 19 heavy (non-hydrogen) atoms. The number of carboxylic acid groups (broad SMARTS) is 1. The van der Waals surface area contributed by atoms with E-state index in [-0.39, 0.29) is 12.3 Å². The number of aliphatic hydroxyl groups is 4. The van der Waals surface area contributed by atoms with Crippen LogP contribution in [-0.4, -0.2) is 61.2 Å². The van der Waals surface area contributed by atoms with E-state index in [1.165, 1.54) is 0 Å². The van der Waals surface area contributed by atoms with Crippen LogP contribution >= 0.6 is 0 Å². The van der Waals surface area contributed by atoms with Crippen molar-refractivity contribution in [2.45, 2.75) is 50.6 Å². The summed E-state index contributed by atoms with van der Waals surface area (Å²) in [6, 6.07) is 0. The second-order valence-corrected chi connectivity index (χ2v) is 5.52. The molecule has 0 aromatic carbocycles. The number of hydrogen-bond donors (Lipinski definition) is 5. The van der Waals surface area contributed by atoms with E-state index in [0.29, 0.717) is 0 Å². The highest BCUT2D eigenvalue weighted by Gasteiger charge is 2.58. The summed E-state index contributed by atoms with van der Waals surface area (Å²) in [5.41, 5.74) is -2.57. The average molecular weight is 276 g/mol. The van der Waals surface area contributed by atoms with Crippen LogP contribution < -0.4 is 0 Å². The smallest absolute Gasteiger partial charge is 0.336 e. The minimum absolute atomic E-state index is 0.0276. The number of aliphatic carboxylic acids is 1. The molecule has 7 nitrogen and oxygen atoms in total. The molecule has 7 heteroatoms. The Hall–Kier alpha value is -1.02. The Morgan fingerprint density at radius 1 is 1.21 bits per heavy atom. The summed E-state index contributed by atoms with van der Waals surface area (Å²) in [6.45, 7) is 3.47. The third kappa shape index (κ3) is 2.94. The minimum atomic E-state index is -2.57. The van der Waals surface area contributed by atoms with Crippen molar-refractivity contribution in [2.24, 2.45) is 11.8 Å². The number of carboxylic acids is 1. The Balaban J connectivity index is 3.12. The molecule has 5 N–H and O–H groups in total. The largest absolute Gasteiger partial charge is 0.479 e. The zero-order valence-corrected chi connectivity index (χ0v) is 10.9. The third-order valence-corrected chi connectivity index (χ3v) is 3.45. The second-order valence-electron chi connectivity index (χ2n) is 5.52. The Bertz CT molecular complexity index is 367. The Morgan fingerprint density at radius 3 is 2.16 bits per heavy atom. The molecule has 3 unspecified atom stereocenters. The van der Waals surface area contributed by atoms with Crippen molar-refractivity contribution in [3.05, 3.63) is 0 Å². The lowest BCUT2D eigenvalue weighted by molar-refractivity contribution is -0.209. The fraction of sp³-hybridized carbons (Fsp3) is 0.833. The molecular weight excluding hydrogens is 256 g/mol. The standard InChI is InChI=1S/C12H20O7/c1-5(2)3-6(13)8-10(16)9(15)7(14)4-12(8,19)11(17)18/h5,7-10,14-16,19H,3-4H2,1-2H3,(H,17,18)/t7-,8?,9?,10-,12?/m1/s1. The first-order valence-electron chi connectivity index (χ1n) is 6.14. The van der Waals surface area contributed by atoms with Gasteiger partial charge in [-0.05, 0) is 5.92 Å². The van der Waals surface area contributed by atoms with Crippen LogP contribution in [0, 0.1) is 11.8 Å². The molecule has 110 valence electrons. The van der Waals surface area contributed by atoms with Gasteiger partial charge in [0.05, 0.1) is 18.1 Å². The Kier molecular flexibility index (Phi) is 4.67. The van der Waals surface area contributed by atoms with Crippen molar-refractivity contribution in [1.82, 2.24) is 0 Å². The lowest BCUT2D eigenvalue weighted by Gasteiger charge is -2.43. The van der Waals surface area contributed by atoms with Gasteiger partial charge in [0.15, 0.2) is 5.60 Å². The third-order valence-electron chi connectivity index (χ3n) is 3.45. The van der Waals surface area contributed by atoms with Crippen molar-refractivity contribution >= 4 is 11.8 Å². The summed E-state index contributed by atoms with van der Waals surface area (Å²) in [4.78, 5) is 23.2. The minimum Gasteiger partial charge on any atom is -0.479 e. The molecule has 0 saturated heterocycles. The maximum absolute atomic E-state index is 12.0. The fourth-order valence-corrected chi connectivity index (χ4v) is 2.48. The van der Waals surface area contributed by atoms with Crippen LogP contribution in [0.2, 0.25) is 0 Å². The molecule has 0 amide bonds. The van der Waals surface area contributed by atoms with Gasteiger partial charge in [-0.15, -0.1) is 0 Å². The number of rotatable bonds is 4. The van der Waals surface area contributed by atoms with Gasteiger partial charge < -0.3 is 25.5 Å². The lowest BCUT2D eigenvalue weighted by Crippen LogP contribution is -2.64. The van der Waals surface area contributed by atoms with Gasteiger partial charge in [0.1, 0.15) is 11.9 Å². The molecule has 1 saturated carbocycles. The summed E-state index contributed by atoms with van der Waals surface area (Å²) >= 11 is 0. The van der Waals surface area contributed by atoms with Crippen molar-refractivity contribution in [3.63, 3.8) is 0 Å². The predicted molar refractivity (Wildman–Crippen MR) is 63.2 cm³/mol. The van der Waals surface area contributed by atoms with Gasteiger partial charge in [0.2, 0.25) is 0 Å². The molecule has 1 aliphatic rings. The Labute approximate surface area is 110 Å². The summed E-state index contributed by atoms with van der Waals surface area (Å²) in [5.74, 6) is -4.06. The Morgan fingerprint density at radius 2 is 1.74 bits per heavy atom. The SMILES string of the molecule is CC(C)CC(=O)C1[C@@H](O)C(O)[C@H](O)CC1(O)C(=O)O. The van der Waals surface area contributed by atoms with Crippen LogP contribution in [0.15, 0.2) is 0 Å². The summed E-state index contributed by atoms with van der Waals surface area (Å²) in [7, 11) is 0. The van der Waals surface area contributed by atoms with Crippen LogP contribution in [0.3, 0.4) is 0 Å². The van der Waals surface area contributed by atoms with Gasteiger partial charge in [-0.25, -0.2) is 4.79 Å². The molecule has 0 radical (unpaired) electrons. The number of ketones is 1. The molecule has 0 aliphatic heterocycles. The first-order valence-corrected chi connectivity index (χ1v) is 6.14.